The van der Waals surface area contributed by atoms with E-state index in [1.807, 2.05) is 35.2 Å². The average molecular weight is 436 g/mol. The van der Waals surface area contributed by atoms with Gasteiger partial charge in [-0.25, -0.2) is 9.97 Å². The van der Waals surface area contributed by atoms with Gasteiger partial charge in [-0.15, -0.1) is 0 Å². The average Bonchev–Trinajstić information content (AvgIpc) is 2.74. The van der Waals surface area contributed by atoms with E-state index in [0.29, 0.717) is 42.2 Å². The Hall–Kier alpha value is -3.68. The SMILES string of the molecule is CC(C)CN(CC(C)C)c1ncnc(Nc2ccc(Oc3ccccc3)cc2)c1[N+](=O)[O-]. The second-order valence-electron chi connectivity index (χ2n) is 8.41. The van der Waals surface area contributed by atoms with Gasteiger partial charge in [0, 0.05) is 18.8 Å². The molecule has 0 fully saturated rings. The van der Waals surface area contributed by atoms with Gasteiger partial charge in [-0.05, 0) is 48.2 Å². The van der Waals surface area contributed by atoms with Crippen molar-refractivity contribution in [1.82, 2.24) is 9.97 Å². The number of nitro groups is 1. The molecular formula is C24H29N5O3. The molecule has 0 atom stereocenters. The molecule has 0 aliphatic rings. The van der Waals surface area contributed by atoms with E-state index in [4.69, 9.17) is 4.74 Å². The molecule has 0 aliphatic heterocycles. The first-order valence-electron chi connectivity index (χ1n) is 10.7. The molecule has 0 spiro atoms. The smallest absolute Gasteiger partial charge is 0.353 e. The number of anilines is 3. The first-order valence-corrected chi connectivity index (χ1v) is 10.7. The summed E-state index contributed by atoms with van der Waals surface area (Å²) in [5.74, 6) is 2.56. The minimum Gasteiger partial charge on any atom is -0.457 e. The number of hydrogen-bond acceptors (Lipinski definition) is 7. The highest BCUT2D eigenvalue weighted by Crippen LogP contribution is 2.34. The highest BCUT2D eigenvalue weighted by molar-refractivity contribution is 5.74. The molecule has 1 heterocycles. The number of para-hydroxylation sites is 1. The number of nitrogens with zero attached hydrogens (tertiary/aromatic N) is 4. The Morgan fingerprint density at radius 1 is 0.938 bits per heavy atom. The number of rotatable bonds is 10. The van der Waals surface area contributed by atoms with Crippen LogP contribution in [-0.4, -0.2) is 28.0 Å². The van der Waals surface area contributed by atoms with Crippen LogP contribution in [0.1, 0.15) is 27.7 Å². The summed E-state index contributed by atoms with van der Waals surface area (Å²) in [5.41, 5.74) is 0.538. The van der Waals surface area contributed by atoms with Crippen molar-refractivity contribution in [3.05, 3.63) is 71.0 Å². The highest BCUT2D eigenvalue weighted by Gasteiger charge is 2.28. The zero-order chi connectivity index (χ0) is 23.1. The van der Waals surface area contributed by atoms with Gasteiger partial charge in [0.25, 0.3) is 0 Å². The molecule has 32 heavy (non-hydrogen) atoms. The monoisotopic (exact) mass is 435 g/mol. The summed E-state index contributed by atoms with van der Waals surface area (Å²) in [7, 11) is 0. The minimum atomic E-state index is -0.418. The van der Waals surface area contributed by atoms with Gasteiger partial charge in [-0.2, -0.15) is 0 Å². The third kappa shape index (κ3) is 6.16. The molecule has 0 amide bonds. The molecule has 0 unspecified atom stereocenters. The fourth-order valence-electron chi connectivity index (χ4n) is 3.36. The molecule has 3 rings (SSSR count). The van der Waals surface area contributed by atoms with Gasteiger partial charge < -0.3 is 15.0 Å². The topological polar surface area (TPSA) is 93.4 Å². The van der Waals surface area contributed by atoms with Gasteiger partial charge in [0.1, 0.15) is 17.8 Å². The fourth-order valence-corrected chi connectivity index (χ4v) is 3.36. The molecule has 0 saturated heterocycles. The van der Waals surface area contributed by atoms with Crippen molar-refractivity contribution < 1.29 is 9.66 Å². The Morgan fingerprint density at radius 2 is 1.53 bits per heavy atom. The van der Waals surface area contributed by atoms with Crippen molar-refractivity contribution >= 4 is 23.0 Å². The summed E-state index contributed by atoms with van der Waals surface area (Å²) in [5, 5.41) is 15.1. The van der Waals surface area contributed by atoms with Gasteiger partial charge in [0.05, 0.1) is 4.92 Å². The Kier molecular flexibility index (Phi) is 7.59. The maximum absolute atomic E-state index is 12.0. The number of benzene rings is 2. The minimum absolute atomic E-state index is 0.126. The number of hydrogen-bond donors (Lipinski definition) is 1. The molecule has 8 heteroatoms. The van der Waals surface area contributed by atoms with E-state index < -0.39 is 4.92 Å². The van der Waals surface area contributed by atoms with Crippen LogP contribution in [-0.2, 0) is 0 Å². The van der Waals surface area contributed by atoms with Crippen LogP contribution in [0.15, 0.2) is 60.9 Å². The van der Waals surface area contributed by atoms with Gasteiger partial charge in [0.15, 0.2) is 0 Å². The van der Waals surface area contributed by atoms with Crippen LogP contribution in [0.25, 0.3) is 0 Å². The molecule has 0 saturated carbocycles. The van der Waals surface area contributed by atoms with Gasteiger partial charge in [-0.3, -0.25) is 10.1 Å². The number of ether oxygens (including phenoxy) is 1. The quantitative estimate of drug-likeness (QED) is 0.306. The van der Waals surface area contributed by atoms with Crippen LogP contribution in [0.2, 0.25) is 0 Å². The summed E-state index contributed by atoms with van der Waals surface area (Å²) in [6.45, 7) is 9.66. The van der Waals surface area contributed by atoms with Crippen molar-refractivity contribution in [2.75, 3.05) is 23.3 Å². The predicted octanol–water partition coefficient (Wildman–Crippen LogP) is 6.04. The second-order valence-corrected chi connectivity index (χ2v) is 8.41. The lowest BCUT2D eigenvalue weighted by Crippen LogP contribution is -2.32. The van der Waals surface area contributed by atoms with Crippen LogP contribution in [0.5, 0.6) is 11.5 Å². The summed E-state index contributed by atoms with van der Waals surface area (Å²) >= 11 is 0. The van der Waals surface area contributed by atoms with Crippen molar-refractivity contribution in [1.29, 1.82) is 0 Å². The lowest BCUT2D eigenvalue weighted by molar-refractivity contribution is -0.383. The zero-order valence-electron chi connectivity index (χ0n) is 18.9. The van der Waals surface area contributed by atoms with E-state index in [-0.39, 0.29) is 11.5 Å². The summed E-state index contributed by atoms with van der Waals surface area (Å²) in [6, 6.07) is 16.7. The third-order valence-electron chi connectivity index (χ3n) is 4.55. The van der Waals surface area contributed by atoms with E-state index >= 15 is 0 Å². The lowest BCUT2D eigenvalue weighted by Gasteiger charge is -2.27. The normalized spacial score (nSPS) is 10.9. The van der Waals surface area contributed by atoms with Gasteiger partial charge in [0.2, 0.25) is 11.6 Å². The molecule has 168 valence electrons. The lowest BCUT2D eigenvalue weighted by atomic mass is 10.1. The first-order chi connectivity index (χ1) is 15.3. The van der Waals surface area contributed by atoms with Crippen LogP contribution in [0, 0.1) is 22.0 Å². The Labute approximate surface area is 188 Å². The van der Waals surface area contributed by atoms with Crippen molar-refractivity contribution in [2.24, 2.45) is 11.8 Å². The number of aromatic nitrogens is 2. The maximum Gasteiger partial charge on any atom is 0.353 e. The predicted molar refractivity (Wildman–Crippen MR) is 127 cm³/mol. The second kappa shape index (κ2) is 10.6. The first kappa shape index (κ1) is 23.0. The Bertz CT molecular complexity index is 1010. The van der Waals surface area contributed by atoms with Crippen LogP contribution in [0.4, 0.5) is 23.0 Å². The van der Waals surface area contributed by atoms with Crippen molar-refractivity contribution in [3.63, 3.8) is 0 Å². The molecule has 2 aromatic carbocycles. The van der Waals surface area contributed by atoms with Crippen LogP contribution < -0.4 is 15.0 Å². The summed E-state index contributed by atoms with van der Waals surface area (Å²) < 4.78 is 5.80. The zero-order valence-corrected chi connectivity index (χ0v) is 18.9. The third-order valence-corrected chi connectivity index (χ3v) is 4.55. The van der Waals surface area contributed by atoms with E-state index in [9.17, 15) is 10.1 Å². The Morgan fingerprint density at radius 3 is 2.09 bits per heavy atom. The molecule has 3 aromatic rings. The molecule has 1 aromatic heterocycles. The van der Waals surface area contributed by atoms with Crippen molar-refractivity contribution in [3.8, 4) is 11.5 Å². The van der Waals surface area contributed by atoms with E-state index in [1.54, 1.807) is 24.3 Å². The molecule has 8 nitrogen and oxygen atoms in total. The molecular weight excluding hydrogens is 406 g/mol. The van der Waals surface area contributed by atoms with Crippen LogP contribution in [0.3, 0.4) is 0 Å². The van der Waals surface area contributed by atoms with Crippen LogP contribution >= 0.6 is 0 Å². The largest absolute Gasteiger partial charge is 0.457 e. The molecule has 1 N–H and O–H groups in total. The molecule has 0 aliphatic carbocycles. The summed E-state index contributed by atoms with van der Waals surface area (Å²) in [6.07, 6.45) is 1.37. The van der Waals surface area contributed by atoms with Gasteiger partial charge in [-0.1, -0.05) is 45.9 Å². The Balaban J connectivity index is 1.86. The van der Waals surface area contributed by atoms with E-state index in [0.717, 1.165) is 5.75 Å². The number of nitrogens with one attached hydrogen (secondary N) is 1. The summed E-state index contributed by atoms with van der Waals surface area (Å²) in [4.78, 5) is 22.0. The molecule has 0 bridgehead atoms. The molecule has 0 radical (unpaired) electrons. The van der Waals surface area contributed by atoms with Crippen molar-refractivity contribution in [2.45, 2.75) is 27.7 Å². The van der Waals surface area contributed by atoms with Gasteiger partial charge >= 0.3 is 5.69 Å². The standard InChI is InChI=1S/C24H29N5O3/c1-17(2)14-28(15-18(3)4)24-22(29(30)31)23(25-16-26-24)27-19-10-12-21(13-11-19)32-20-8-6-5-7-9-20/h5-13,16-18H,14-15H2,1-4H3,(H,25,26,27). The highest BCUT2D eigenvalue weighted by atomic mass is 16.6. The fraction of sp³-hybridized carbons (Fsp3) is 0.333. The van der Waals surface area contributed by atoms with E-state index in [1.165, 1.54) is 6.33 Å². The maximum atomic E-state index is 12.0. The van der Waals surface area contributed by atoms with E-state index in [2.05, 4.69) is 43.0 Å².